The first-order valence-electron chi connectivity index (χ1n) is 5.17. The number of carbonyl (C=O) groups is 1. The number of aliphatic hydroxyl groups is 1. The largest absolute Gasteiger partial charge is 0.383 e. The number of nitrogens with one attached hydrogen (secondary N) is 1. The molecule has 1 aliphatic rings. The van der Waals surface area contributed by atoms with Crippen molar-refractivity contribution in [2.45, 2.75) is 19.1 Å². The Morgan fingerprint density at radius 1 is 1.56 bits per heavy atom. The van der Waals surface area contributed by atoms with Crippen LogP contribution in [0.3, 0.4) is 0 Å². The number of methoxy groups -OCH3 is 1. The van der Waals surface area contributed by atoms with Gasteiger partial charge in [0.05, 0.1) is 6.61 Å². The van der Waals surface area contributed by atoms with Gasteiger partial charge in [-0.1, -0.05) is 12.1 Å². The summed E-state index contributed by atoms with van der Waals surface area (Å²) in [5.41, 5.74) is 1.26. The van der Waals surface area contributed by atoms with E-state index in [2.05, 4.69) is 5.32 Å². The normalized spacial score (nSPS) is 17.8. The van der Waals surface area contributed by atoms with E-state index in [-0.39, 0.29) is 12.5 Å². The van der Waals surface area contributed by atoms with Crippen molar-refractivity contribution in [3.05, 3.63) is 34.9 Å². The summed E-state index contributed by atoms with van der Waals surface area (Å²) in [6.45, 7) is 2.44. The highest BCUT2D eigenvalue weighted by Crippen LogP contribution is 2.25. The van der Waals surface area contributed by atoms with Gasteiger partial charge in [0.2, 0.25) is 0 Å². The molecule has 4 nitrogen and oxygen atoms in total. The highest BCUT2D eigenvalue weighted by atomic mass is 16.5. The topological polar surface area (TPSA) is 58.6 Å². The van der Waals surface area contributed by atoms with Gasteiger partial charge < -0.3 is 15.2 Å². The number of carbonyl (C=O) groups excluding carboxylic acids is 1. The number of fused-ring (bicyclic) bond motifs is 1. The molecule has 1 aliphatic heterocycles. The van der Waals surface area contributed by atoms with Crippen molar-refractivity contribution >= 4 is 5.91 Å². The molecule has 0 spiro atoms. The van der Waals surface area contributed by atoms with Crippen LogP contribution in [0.5, 0.6) is 0 Å². The van der Waals surface area contributed by atoms with E-state index in [9.17, 15) is 9.90 Å². The van der Waals surface area contributed by atoms with Gasteiger partial charge >= 0.3 is 0 Å². The number of ether oxygens (including phenoxy) is 1. The van der Waals surface area contributed by atoms with E-state index >= 15 is 0 Å². The van der Waals surface area contributed by atoms with Crippen molar-refractivity contribution in [2.75, 3.05) is 13.7 Å². The second-order valence-electron chi connectivity index (χ2n) is 4.26. The molecule has 86 valence electrons. The van der Waals surface area contributed by atoms with Crippen molar-refractivity contribution in [3.8, 4) is 0 Å². The van der Waals surface area contributed by atoms with Crippen LogP contribution in [-0.2, 0) is 16.9 Å². The van der Waals surface area contributed by atoms with Gasteiger partial charge in [-0.2, -0.15) is 0 Å². The van der Waals surface area contributed by atoms with Gasteiger partial charge in [0.1, 0.15) is 5.60 Å². The quantitative estimate of drug-likeness (QED) is 0.793. The zero-order chi connectivity index (χ0) is 11.8. The zero-order valence-corrected chi connectivity index (χ0v) is 9.41. The lowest BCUT2D eigenvalue weighted by atomic mass is 9.94. The number of rotatable bonds is 3. The molecule has 2 rings (SSSR count). The summed E-state index contributed by atoms with van der Waals surface area (Å²) in [6.07, 6.45) is 0. The Morgan fingerprint density at radius 2 is 2.31 bits per heavy atom. The second kappa shape index (κ2) is 3.88. The average Bonchev–Trinajstić information content (AvgIpc) is 2.60. The third-order valence-electron chi connectivity index (χ3n) is 2.84. The molecule has 16 heavy (non-hydrogen) atoms. The molecule has 2 N–H and O–H groups in total. The minimum absolute atomic E-state index is 0.0786. The molecule has 0 saturated carbocycles. The van der Waals surface area contributed by atoms with Crippen molar-refractivity contribution in [3.63, 3.8) is 0 Å². The first-order chi connectivity index (χ1) is 7.54. The highest BCUT2D eigenvalue weighted by Gasteiger charge is 2.26. The Bertz CT molecular complexity index is 426. The number of hydrogen-bond acceptors (Lipinski definition) is 3. The second-order valence-corrected chi connectivity index (χ2v) is 4.26. The molecule has 1 heterocycles. The SMILES string of the molecule is COCC(C)(O)c1ccc2c(c1)C(=O)NC2. The van der Waals surface area contributed by atoms with Crippen molar-refractivity contribution in [1.29, 1.82) is 0 Å². The summed E-state index contributed by atoms with van der Waals surface area (Å²) in [6, 6.07) is 5.43. The summed E-state index contributed by atoms with van der Waals surface area (Å²) in [7, 11) is 1.54. The Hall–Kier alpha value is -1.39. The molecule has 1 aromatic rings. The Balaban J connectivity index is 2.38. The fourth-order valence-corrected chi connectivity index (χ4v) is 1.91. The van der Waals surface area contributed by atoms with Crippen LogP contribution in [0, 0.1) is 0 Å². The van der Waals surface area contributed by atoms with E-state index in [1.54, 1.807) is 13.0 Å². The lowest BCUT2D eigenvalue weighted by molar-refractivity contribution is -0.0208. The predicted octanol–water partition coefficient (Wildman–Crippen LogP) is 0.784. The van der Waals surface area contributed by atoms with Crippen molar-refractivity contribution < 1.29 is 14.6 Å². The summed E-state index contributed by atoms with van der Waals surface area (Å²) >= 11 is 0. The molecular formula is C12H15NO3. The van der Waals surface area contributed by atoms with Gasteiger partial charge in [-0.15, -0.1) is 0 Å². The van der Waals surface area contributed by atoms with Crippen LogP contribution >= 0.6 is 0 Å². The molecule has 0 aromatic heterocycles. The molecule has 1 aromatic carbocycles. The molecule has 0 saturated heterocycles. The summed E-state index contributed by atoms with van der Waals surface area (Å²) in [4.78, 5) is 11.5. The van der Waals surface area contributed by atoms with Crippen LogP contribution in [-0.4, -0.2) is 24.7 Å². The van der Waals surface area contributed by atoms with Gasteiger partial charge in [0, 0.05) is 19.2 Å². The van der Waals surface area contributed by atoms with Gasteiger partial charge in [-0.25, -0.2) is 0 Å². The first-order valence-corrected chi connectivity index (χ1v) is 5.17. The van der Waals surface area contributed by atoms with Crippen LogP contribution in [0.4, 0.5) is 0 Å². The number of hydrogen-bond donors (Lipinski definition) is 2. The maximum absolute atomic E-state index is 11.5. The van der Waals surface area contributed by atoms with Crippen LogP contribution in [0.25, 0.3) is 0 Å². The van der Waals surface area contributed by atoms with Crippen LogP contribution < -0.4 is 5.32 Å². The predicted molar refractivity (Wildman–Crippen MR) is 59.1 cm³/mol. The van der Waals surface area contributed by atoms with Gasteiger partial charge in [0.25, 0.3) is 5.91 Å². The van der Waals surface area contributed by atoms with E-state index < -0.39 is 5.60 Å². The van der Waals surface area contributed by atoms with Gasteiger partial charge in [-0.05, 0) is 24.1 Å². The standard InChI is InChI=1S/C12H15NO3/c1-12(15,7-16-2)9-4-3-8-6-13-11(14)10(8)5-9/h3-5,15H,6-7H2,1-2H3,(H,13,14). The first kappa shape index (κ1) is 11.1. The number of amides is 1. The molecule has 0 bridgehead atoms. The molecule has 0 radical (unpaired) electrons. The maximum Gasteiger partial charge on any atom is 0.251 e. The molecule has 0 aliphatic carbocycles. The van der Waals surface area contributed by atoms with Crippen molar-refractivity contribution in [1.82, 2.24) is 5.32 Å². The van der Waals surface area contributed by atoms with Crippen LogP contribution in [0.2, 0.25) is 0 Å². The van der Waals surface area contributed by atoms with E-state index in [1.165, 1.54) is 7.11 Å². The Kier molecular flexibility index (Phi) is 2.69. The number of benzene rings is 1. The van der Waals surface area contributed by atoms with E-state index in [0.29, 0.717) is 17.7 Å². The molecule has 4 heteroatoms. The molecule has 1 unspecified atom stereocenters. The fraction of sp³-hybridized carbons (Fsp3) is 0.417. The van der Waals surface area contributed by atoms with Crippen LogP contribution in [0.15, 0.2) is 18.2 Å². The molecule has 0 fully saturated rings. The van der Waals surface area contributed by atoms with E-state index in [4.69, 9.17) is 4.74 Å². The maximum atomic E-state index is 11.5. The van der Waals surface area contributed by atoms with Crippen LogP contribution in [0.1, 0.15) is 28.4 Å². The Morgan fingerprint density at radius 3 is 3.00 bits per heavy atom. The molecular weight excluding hydrogens is 206 g/mol. The highest BCUT2D eigenvalue weighted by molar-refractivity contribution is 5.98. The van der Waals surface area contributed by atoms with Gasteiger partial charge in [0.15, 0.2) is 0 Å². The third-order valence-corrected chi connectivity index (χ3v) is 2.84. The minimum atomic E-state index is -1.06. The Labute approximate surface area is 94.2 Å². The average molecular weight is 221 g/mol. The fourth-order valence-electron chi connectivity index (χ4n) is 1.91. The van der Waals surface area contributed by atoms with Gasteiger partial charge in [-0.3, -0.25) is 4.79 Å². The lowest BCUT2D eigenvalue weighted by Crippen LogP contribution is -2.27. The van der Waals surface area contributed by atoms with E-state index in [1.807, 2.05) is 12.1 Å². The monoisotopic (exact) mass is 221 g/mol. The van der Waals surface area contributed by atoms with E-state index in [0.717, 1.165) is 5.56 Å². The molecule has 1 atom stereocenters. The smallest absolute Gasteiger partial charge is 0.251 e. The molecule has 1 amide bonds. The summed E-state index contributed by atoms with van der Waals surface area (Å²) < 4.78 is 4.96. The zero-order valence-electron chi connectivity index (χ0n) is 9.41. The lowest BCUT2D eigenvalue weighted by Gasteiger charge is -2.23. The van der Waals surface area contributed by atoms with Crippen molar-refractivity contribution in [2.24, 2.45) is 0 Å². The summed E-state index contributed by atoms with van der Waals surface area (Å²) in [5, 5.41) is 12.9. The minimum Gasteiger partial charge on any atom is -0.383 e. The summed E-state index contributed by atoms with van der Waals surface area (Å²) in [5.74, 6) is -0.0786. The third kappa shape index (κ3) is 1.81.